The molecular formula is C27H35N7O6. The number of ether oxygens (including phenoxy) is 1. The zero-order chi connectivity index (χ0) is 28.2. The minimum atomic E-state index is -1.10. The Morgan fingerprint density at radius 1 is 1.12 bits per heavy atom. The Balaban J connectivity index is 1.46. The van der Waals surface area contributed by atoms with E-state index in [0.29, 0.717) is 63.6 Å². The molecule has 2 fully saturated rings. The van der Waals surface area contributed by atoms with Gasteiger partial charge in [0.1, 0.15) is 0 Å². The molecule has 214 valence electrons. The molecule has 0 bridgehead atoms. The first-order valence-corrected chi connectivity index (χ1v) is 13.7. The maximum absolute atomic E-state index is 14.3. The maximum Gasteiger partial charge on any atom is 0.407 e. The van der Waals surface area contributed by atoms with E-state index >= 15 is 0 Å². The number of hydrogen-bond donors (Lipinski definition) is 1. The molecule has 4 heterocycles. The number of aryl methyl sites for hydroxylation is 2. The Labute approximate surface area is 231 Å². The summed E-state index contributed by atoms with van der Waals surface area (Å²) in [6, 6.07) is 7.04. The van der Waals surface area contributed by atoms with Gasteiger partial charge in [-0.3, -0.25) is 9.59 Å². The maximum atomic E-state index is 14.3. The summed E-state index contributed by atoms with van der Waals surface area (Å²) >= 11 is 0. The van der Waals surface area contributed by atoms with Crippen LogP contribution in [0.2, 0.25) is 0 Å². The molecule has 3 amide bonds. The first kappa shape index (κ1) is 27.6. The number of carbonyl (C=O) groups excluding carboxylic acids is 2. The number of imidazole rings is 1. The van der Waals surface area contributed by atoms with Gasteiger partial charge in [0.2, 0.25) is 12.3 Å². The molecule has 1 aromatic carbocycles. The molecule has 0 radical (unpaired) electrons. The van der Waals surface area contributed by atoms with E-state index in [2.05, 4.69) is 10.1 Å². The van der Waals surface area contributed by atoms with Crippen LogP contribution in [0.1, 0.15) is 36.7 Å². The number of morpholine rings is 1. The second-order valence-electron chi connectivity index (χ2n) is 10.7. The molecule has 5 rings (SSSR count). The van der Waals surface area contributed by atoms with Crippen molar-refractivity contribution in [3.63, 3.8) is 0 Å². The number of nitrogens with zero attached hydrogens (tertiary/aromatic N) is 7. The van der Waals surface area contributed by atoms with Crippen LogP contribution in [-0.4, -0.2) is 109 Å². The average molecular weight is 554 g/mol. The second-order valence-corrected chi connectivity index (χ2v) is 10.7. The summed E-state index contributed by atoms with van der Waals surface area (Å²) in [6.07, 6.45) is 0.979. The molecule has 0 unspecified atom stereocenters. The van der Waals surface area contributed by atoms with E-state index in [1.165, 1.54) is 11.3 Å². The quantitative estimate of drug-likeness (QED) is 0.442. The monoisotopic (exact) mass is 553 g/mol. The van der Waals surface area contributed by atoms with Gasteiger partial charge in [-0.2, -0.15) is 4.98 Å². The number of likely N-dealkylation sites (tertiary alicyclic amines) is 1. The van der Waals surface area contributed by atoms with Crippen LogP contribution in [-0.2, 0) is 22.5 Å². The van der Waals surface area contributed by atoms with Crippen LogP contribution in [0.4, 0.5) is 4.79 Å². The molecule has 0 saturated carbocycles. The number of piperidine rings is 1. The van der Waals surface area contributed by atoms with Crippen LogP contribution in [0.15, 0.2) is 35.2 Å². The molecule has 1 N–H and O–H groups in total. The SMILES string of the molecule is CC(C)CN(C(=O)c1nc2ccccc2n1CCc1ncon1)[C@H]1C[C@@H](C(=O)N2CCOCC2)CN(C(=O)O)C1. The zero-order valence-electron chi connectivity index (χ0n) is 22.8. The van der Waals surface area contributed by atoms with Gasteiger partial charge in [-0.25, -0.2) is 9.78 Å². The molecule has 3 aromatic rings. The number of amides is 3. The number of fused-ring (bicyclic) bond motifs is 1. The van der Waals surface area contributed by atoms with Gasteiger partial charge in [-0.05, 0) is 24.5 Å². The topological polar surface area (TPSA) is 147 Å². The van der Waals surface area contributed by atoms with Gasteiger partial charge < -0.3 is 33.6 Å². The summed E-state index contributed by atoms with van der Waals surface area (Å²) in [5, 5.41) is 13.8. The van der Waals surface area contributed by atoms with Crippen LogP contribution in [0.25, 0.3) is 11.0 Å². The van der Waals surface area contributed by atoms with Crippen LogP contribution in [0.5, 0.6) is 0 Å². The Kier molecular flexibility index (Phi) is 8.29. The standard InChI is InChI=1S/C27H35N7O6/c1-18(2)14-34(20-13-19(15-32(16-20)27(37)38)25(35)31-9-11-39-12-10-31)26(36)24-29-21-5-3-4-6-22(21)33(24)8-7-23-28-17-40-30-23/h3-6,17-20H,7-16H2,1-2H3,(H,37,38)/t19-,20+/m1/s1. The molecule has 2 aromatic heterocycles. The van der Waals surface area contributed by atoms with Gasteiger partial charge in [0, 0.05) is 45.7 Å². The molecule has 0 spiro atoms. The third-order valence-electron chi connectivity index (χ3n) is 7.45. The van der Waals surface area contributed by atoms with Crippen molar-refractivity contribution in [3.8, 4) is 0 Å². The largest absolute Gasteiger partial charge is 0.465 e. The molecule has 2 saturated heterocycles. The van der Waals surface area contributed by atoms with E-state index in [1.54, 1.807) is 9.80 Å². The number of carbonyl (C=O) groups is 3. The van der Waals surface area contributed by atoms with Crippen molar-refractivity contribution in [2.75, 3.05) is 45.9 Å². The minimum Gasteiger partial charge on any atom is -0.465 e. The fourth-order valence-corrected chi connectivity index (χ4v) is 5.57. The fourth-order valence-electron chi connectivity index (χ4n) is 5.57. The van der Waals surface area contributed by atoms with Gasteiger partial charge >= 0.3 is 6.09 Å². The van der Waals surface area contributed by atoms with Crippen molar-refractivity contribution in [2.45, 2.75) is 39.3 Å². The predicted octanol–water partition coefficient (Wildman–Crippen LogP) is 1.99. The summed E-state index contributed by atoms with van der Waals surface area (Å²) in [5.41, 5.74) is 1.48. The smallest absolute Gasteiger partial charge is 0.407 e. The normalized spacial score (nSPS) is 19.8. The van der Waals surface area contributed by atoms with Crippen LogP contribution >= 0.6 is 0 Å². The zero-order valence-corrected chi connectivity index (χ0v) is 22.8. The van der Waals surface area contributed by atoms with Gasteiger partial charge in [0.25, 0.3) is 5.91 Å². The van der Waals surface area contributed by atoms with Gasteiger partial charge in [0.05, 0.1) is 36.2 Å². The molecule has 13 heteroatoms. The molecule has 2 aliphatic heterocycles. The minimum absolute atomic E-state index is 0.0939. The molecule has 0 aliphatic carbocycles. The highest BCUT2D eigenvalue weighted by molar-refractivity contribution is 5.95. The predicted molar refractivity (Wildman–Crippen MR) is 143 cm³/mol. The third-order valence-corrected chi connectivity index (χ3v) is 7.45. The molecular weight excluding hydrogens is 518 g/mol. The summed E-state index contributed by atoms with van der Waals surface area (Å²) in [5.74, 6) is -0.0588. The molecule has 2 aliphatic rings. The molecule has 13 nitrogen and oxygen atoms in total. The second kappa shape index (κ2) is 12.0. The third kappa shape index (κ3) is 5.93. The summed E-state index contributed by atoms with van der Waals surface area (Å²) in [4.78, 5) is 53.4. The summed E-state index contributed by atoms with van der Waals surface area (Å²) in [6.45, 7) is 6.92. The first-order valence-electron chi connectivity index (χ1n) is 13.7. The van der Waals surface area contributed by atoms with E-state index in [0.717, 1.165) is 5.52 Å². The highest BCUT2D eigenvalue weighted by atomic mass is 16.5. The molecule has 2 atom stereocenters. The van der Waals surface area contributed by atoms with Crippen molar-refractivity contribution in [1.29, 1.82) is 0 Å². The first-order chi connectivity index (χ1) is 19.3. The summed E-state index contributed by atoms with van der Waals surface area (Å²) < 4.78 is 12.1. The Morgan fingerprint density at radius 3 is 2.60 bits per heavy atom. The van der Waals surface area contributed by atoms with E-state index < -0.39 is 18.1 Å². The lowest BCUT2D eigenvalue weighted by Crippen LogP contribution is -2.58. The van der Waals surface area contributed by atoms with E-state index in [1.807, 2.05) is 42.7 Å². The Bertz CT molecular complexity index is 1330. The van der Waals surface area contributed by atoms with Gasteiger partial charge in [-0.15, -0.1) is 0 Å². The van der Waals surface area contributed by atoms with Gasteiger partial charge in [-0.1, -0.05) is 31.1 Å². The van der Waals surface area contributed by atoms with Crippen molar-refractivity contribution in [1.82, 2.24) is 34.4 Å². The van der Waals surface area contributed by atoms with E-state index in [9.17, 15) is 19.5 Å². The highest BCUT2D eigenvalue weighted by Crippen LogP contribution is 2.27. The van der Waals surface area contributed by atoms with Crippen LogP contribution < -0.4 is 0 Å². The highest BCUT2D eigenvalue weighted by Gasteiger charge is 2.40. The lowest BCUT2D eigenvalue weighted by Gasteiger charge is -2.43. The number of benzene rings is 1. The lowest BCUT2D eigenvalue weighted by atomic mass is 9.91. The van der Waals surface area contributed by atoms with Crippen LogP contribution in [0, 0.1) is 11.8 Å². The van der Waals surface area contributed by atoms with E-state index in [4.69, 9.17) is 14.2 Å². The Morgan fingerprint density at radius 2 is 1.90 bits per heavy atom. The number of hydrogen-bond acceptors (Lipinski definition) is 8. The van der Waals surface area contributed by atoms with Crippen molar-refractivity contribution in [2.24, 2.45) is 11.8 Å². The Hall–Kier alpha value is -4.00. The number of aromatic nitrogens is 4. The lowest BCUT2D eigenvalue weighted by molar-refractivity contribution is -0.142. The summed E-state index contributed by atoms with van der Waals surface area (Å²) in [7, 11) is 0. The van der Waals surface area contributed by atoms with Crippen LogP contribution in [0.3, 0.4) is 0 Å². The fraction of sp³-hybridized carbons (Fsp3) is 0.556. The average Bonchev–Trinajstić information content (AvgIpc) is 3.62. The van der Waals surface area contributed by atoms with Crippen molar-refractivity contribution in [3.05, 3.63) is 42.3 Å². The van der Waals surface area contributed by atoms with E-state index in [-0.39, 0.29) is 36.6 Å². The van der Waals surface area contributed by atoms with Crippen molar-refractivity contribution < 1.29 is 28.8 Å². The molecule has 40 heavy (non-hydrogen) atoms. The number of carboxylic acid groups (broad SMARTS) is 1. The number of rotatable bonds is 8. The van der Waals surface area contributed by atoms with Crippen molar-refractivity contribution >= 4 is 28.9 Å². The van der Waals surface area contributed by atoms with Gasteiger partial charge in [0.15, 0.2) is 11.6 Å². The number of para-hydroxylation sites is 2.